The lowest BCUT2D eigenvalue weighted by Crippen LogP contribution is -2.28. The van der Waals surface area contributed by atoms with Gasteiger partial charge in [0.2, 0.25) is 11.8 Å². The number of amidine groups is 1. The summed E-state index contributed by atoms with van der Waals surface area (Å²) in [5.74, 6) is -1.04. The normalized spacial score (nSPS) is 17.1. The first-order valence-electron chi connectivity index (χ1n) is 9.92. The molecule has 2 aromatic carbocycles. The topological polar surface area (TPSA) is 109 Å². The molecule has 8 nitrogen and oxygen atoms in total. The van der Waals surface area contributed by atoms with E-state index in [9.17, 15) is 14.4 Å². The quantitative estimate of drug-likeness (QED) is 0.364. The second kappa shape index (κ2) is 11.6. The smallest absolute Gasteiger partial charge is 0.338 e. The number of nitrogens with zero attached hydrogens (tertiary/aromatic N) is 2. The van der Waals surface area contributed by atoms with Crippen molar-refractivity contribution in [2.45, 2.75) is 18.6 Å². The van der Waals surface area contributed by atoms with Crippen molar-refractivity contribution >= 4 is 52.7 Å². The standard InChI is InChI=1S/C23H22N4O4S/c1-2-31-22(30)17-10-12-18(13-11-17)25-20(28)15-19-21(29)26-23(32-19)27-24-14-6-9-16-7-4-3-5-8-16/h3-14,19H,2,15H2,1H3,(H,25,28)(H,26,27,29)/b9-6+,24-14-/t19-/m1/s1. The lowest BCUT2D eigenvalue weighted by molar-refractivity contribution is -0.122. The zero-order chi connectivity index (χ0) is 22.8. The lowest BCUT2D eigenvalue weighted by atomic mass is 10.2. The number of rotatable bonds is 8. The summed E-state index contributed by atoms with van der Waals surface area (Å²) in [5.41, 5.74) is 1.96. The van der Waals surface area contributed by atoms with Crippen LogP contribution in [0.5, 0.6) is 0 Å². The van der Waals surface area contributed by atoms with Crippen LogP contribution >= 0.6 is 11.8 Å². The van der Waals surface area contributed by atoms with Gasteiger partial charge in [0.15, 0.2) is 5.17 Å². The van der Waals surface area contributed by atoms with Crippen LogP contribution in [-0.2, 0) is 14.3 Å². The summed E-state index contributed by atoms with van der Waals surface area (Å²) in [4.78, 5) is 36.1. The fraction of sp³-hybridized carbons (Fsp3) is 0.174. The van der Waals surface area contributed by atoms with Gasteiger partial charge in [-0.05, 0) is 42.8 Å². The molecule has 2 N–H and O–H groups in total. The van der Waals surface area contributed by atoms with E-state index >= 15 is 0 Å². The maximum atomic E-state index is 12.3. The minimum absolute atomic E-state index is 0.0211. The molecule has 0 radical (unpaired) electrons. The molecule has 32 heavy (non-hydrogen) atoms. The van der Waals surface area contributed by atoms with Crippen LogP contribution in [0.25, 0.3) is 6.08 Å². The zero-order valence-corrected chi connectivity index (χ0v) is 18.2. The third-order valence-electron chi connectivity index (χ3n) is 4.22. The number of esters is 1. The number of nitrogens with one attached hydrogen (secondary N) is 2. The molecule has 1 fully saturated rings. The van der Waals surface area contributed by atoms with Crippen molar-refractivity contribution in [3.05, 3.63) is 71.8 Å². The van der Waals surface area contributed by atoms with Crippen LogP contribution in [0.1, 0.15) is 29.3 Å². The van der Waals surface area contributed by atoms with E-state index in [1.54, 1.807) is 37.3 Å². The molecule has 2 amide bonds. The largest absolute Gasteiger partial charge is 0.462 e. The van der Waals surface area contributed by atoms with Crippen LogP contribution in [-0.4, -0.2) is 41.0 Å². The summed E-state index contributed by atoms with van der Waals surface area (Å²) >= 11 is 1.15. The zero-order valence-electron chi connectivity index (χ0n) is 17.4. The average molecular weight is 451 g/mol. The molecule has 0 spiro atoms. The number of allylic oxidation sites excluding steroid dienone is 1. The number of anilines is 1. The van der Waals surface area contributed by atoms with Gasteiger partial charge in [0.1, 0.15) is 5.25 Å². The summed E-state index contributed by atoms with van der Waals surface area (Å²) in [6.07, 6.45) is 5.13. The molecular formula is C23H22N4O4S. The van der Waals surface area contributed by atoms with Crippen LogP contribution in [0.4, 0.5) is 5.69 Å². The van der Waals surface area contributed by atoms with Crippen molar-refractivity contribution in [1.29, 1.82) is 0 Å². The van der Waals surface area contributed by atoms with Gasteiger partial charge < -0.3 is 15.4 Å². The molecule has 0 aromatic heterocycles. The van der Waals surface area contributed by atoms with Crippen LogP contribution in [0.3, 0.4) is 0 Å². The van der Waals surface area contributed by atoms with Crippen molar-refractivity contribution in [2.75, 3.05) is 11.9 Å². The molecule has 1 saturated heterocycles. The fourth-order valence-corrected chi connectivity index (χ4v) is 3.64. The number of carbonyl (C=O) groups is 3. The van der Waals surface area contributed by atoms with Crippen LogP contribution in [0, 0.1) is 0 Å². The molecule has 1 atom stereocenters. The first-order valence-corrected chi connectivity index (χ1v) is 10.8. The van der Waals surface area contributed by atoms with Gasteiger partial charge in [-0.15, -0.1) is 5.10 Å². The van der Waals surface area contributed by atoms with E-state index in [1.165, 1.54) is 6.21 Å². The highest BCUT2D eigenvalue weighted by atomic mass is 32.2. The number of thioether (sulfide) groups is 1. The molecule has 0 aliphatic carbocycles. The maximum absolute atomic E-state index is 12.3. The Hall–Kier alpha value is -3.72. The Morgan fingerprint density at radius 2 is 1.91 bits per heavy atom. The molecule has 1 heterocycles. The fourth-order valence-electron chi connectivity index (χ4n) is 2.71. The molecular weight excluding hydrogens is 428 g/mol. The van der Waals surface area contributed by atoms with Crippen LogP contribution in [0.2, 0.25) is 0 Å². The Morgan fingerprint density at radius 3 is 2.62 bits per heavy atom. The summed E-state index contributed by atoms with van der Waals surface area (Å²) < 4.78 is 4.92. The van der Waals surface area contributed by atoms with E-state index in [2.05, 4.69) is 20.8 Å². The van der Waals surface area contributed by atoms with Gasteiger partial charge in [0, 0.05) is 18.3 Å². The number of amides is 2. The Bertz CT molecular complexity index is 1050. The second-order valence-electron chi connectivity index (χ2n) is 6.59. The number of hydrogen-bond acceptors (Lipinski definition) is 7. The molecule has 1 aliphatic heterocycles. The third-order valence-corrected chi connectivity index (χ3v) is 5.29. The van der Waals surface area contributed by atoms with Gasteiger partial charge >= 0.3 is 5.97 Å². The van der Waals surface area contributed by atoms with Crippen molar-refractivity contribution < 1.29 is 19.1 Å². The van der Waals surface area contributed by atoms with Crippen LogP contribution in [0.15, 0.2) is 70.9 Å². The van der Waals surface area contributed by atoms with Gasteiger partial charge in [0.25, 0.3) is 0 Å². The molecule has 1 aliphatic rings. The van der Waals surface area contributed by atoms with Crippen LogP contribution < -0.4 is 10.6 Å². The van der Waals surface area contributed by atoms with Gasteiger partial charge in [-0.1, -0.05) is 48.2 Å². The minimum atomic E-state index is -0.595. The van der Waals surface area contributed by atoms with E-state index in [-0.39, 0.29) is 18.2 Å². The molecule has 2 aromatic rings. The van der Waals surface area contributed by atoms with Gasteiger partial charge in [-0.3, -0.25) is 9.59 Å². The number of hydrogen-bond donors (Lipinski definition) is 2. The molecule has 9 heteroatoms. The Labute approximate surface area is 189 Å². The van der Waals surface area contributed by atoms with E-state index in [0.29, 0.717) is 23.0 Å². The Kier molecular flexibility index (Phi) is 8.33. The summed E-state index contributed by atoms with van der Waals surface area (Å²) in [6.45, 7) is 2.02. The minimum Gasteiger partial charge on any atom is -0.462 e. The van der Waals surface area contributed by atoms with Crippen molar-refractivity contribution in [3.8, 4) is 0 Å². The van der Waals surface area contributed by atoms with Gasteiger partial charge in [-0.2, -0.15) is 5.10 Å². The average Bonchev–Trinajstić information content (AvgIpc) is 3.13. The van der Waals surface area contributed by atoms with E-state index < -0.39 is 11.2 Å². The van der Waals surface area contributed by atoms with E-state index in [0.717, 1.165) is 17.3 Å². The van der Waals surface area contributed by atoms with Crippen molar-refractivity contribution in [1.82, 2.24) is 5.32 Å². The number of benzene rings is 2. The predicted octanol–water partition coefficient (Wildman–Crippen LogP) is 3.48. The first-order chi connectivity index (χ1) is 15.5. The summed E-state index contributed by atoms with van der Waals surface area (Å²) in [7, 11) is 0. The van der Waals surface area contributed by atoms with Crippen molar-refractivity contribution in [2.24, 2.45) is 10.2 Å². The van der Waals surface area contributed by atoms with Gasteiger partial charge in [-0.25, -0.2) is 4.79 Å². The number of ether oxygens (including phenoxy) is 1. The maximum Gasteiger partial charge on any atom is 0.338 e. The summed E-state index contributed by atoms with van der Waals surface area (Å²) in [5, 5.41) is 13.0. The monoisotopic (exact) mass is 450 g/mol. The summed E-state index contributed by atoms with van der Waals surface area (Å²) in [6, 6.07) is 16.1. The van der Waals surface area contributed by atoms with Crippen molar-refractivity contribution in [3.63, 3.8) is 0 Å². The highest BCUT2D eigenvalue weighted by molar-refractivity contribution is 8.15. The lowest BCUT2D eigenvalue weighted by Gasteiger charge is -2.08. The Morgan fingerprint density at radius 1 is 1.16 bits per heavy atom. The Balaban J connectivity index is 1.48. The van der Waals surface area contributed by atoms with E-state index in [4.69, 9.17) is 4.74 Å². The van der Waals surface area contributed by atoms with E-state index in [1.807, 2.05) is 36.4 Å². The third kappa shape index (κ3) is 6.92. The predicted molar refractivity (Wildman–Crippen MR) is 127 cm³/mol. The van der Waals surface area contributed by atoms with Gasteiger partial charge in [0.05, 0.1) is 12.2 Å². The SMILES string of the molecule is CCOC(=O)c1ccc(NC(=O)C[C@H]2S\C(=N/N=C\C=C\c3ccccc3)NC2=O)cc1. The highest BCUT2D eigenvalue weighted by Gasteiger charge is 2.32. The molecule has 164 valence electrons. The molecule has 3 rings (SSSR count). The first kappa shape index (κ1) is 23.0. The molecule has 0 saturated carbocycles. The number of carbonyl (C=O) groups excluding carboxylic acids is 3. The second-order valence-corrected chi connectivity index (χ2v) is 7.78. The highest BCUT2D eigenvalue weighted by Crippen LogP contribution is 2.23. The molecule has 0 bridgehead atoms. The molecule has 0 unspecified atom stereocenters.